The van der Waals surface area contributed by atoms with Crippen LogP contribution in [0, 0.1) is 0 Å². The molecule has 0 aromatic heterocycles. The van der Waals surface area contributed by atoms with E-state index in [0.717, 1.165) is 24.8 Å². The maximum absolute atomic E-state index is 12.6. The van der Waals surface area contributed by atoms with E-state index >= 15 is 0 Å². The van der Waals surface area contributed by atoms with Crippen LogP contribution in [0.25, 0.3) is 0 Å². The topological polar surface area (TPSA) is 73.8 Å². The van der Waals surface area contributed by atoms with Gasteiger partial charge in [0.05, 0.1) is 4.90 Å². The van der Waals surface area contributed by atoms with Crippen molar-refractivity contribution in [2.24, 2.45) is 4.99 Å². The van der Waals surface area contributed by atoms with Crippen LogP contribution in [0.2, 0.25) is 0 Å². The SMILES string of the molecule is C=CCNC(=NC)NCc1ccc(S(=O)(=O)N2CCCCC2)cc1. The molecule has 0 amide bonds. The Bertz CT molecular complexity index is 662. The van der Waals surface area contributed by atoms with Gasteiger partial charge in [0.1, 0.15) is 0 Å². The van der Waals surface area contributed by atoms with E-state index < -0.39 is 10.0 Å². The summed E-state index contributed by atoms with van der Waals surface area (Å²) >= 11 is 0. The zero-order valence-corrected chi connectivity index (χ0v) is 15.0. The first-order valence-corrected chi connectivity index (χ1v) is 9.66. The molecule has 2 rings (SSSR count). The summed E-state index contributed by atoms with van der Waals surface area (Å²) < 4.78 is 26.8. The van der Waals surface area contributed by atoms with Gasteiger partial charge in [0.15, 0.2) is 5.96 Å². The molecule has 132 valence electrons. The molecule has 24 heavy (non-hydrogen) atoms. The van der Waals surface area contributed by atoms with E-state index in [2.05, 4.69) is 22.2 Å². The van der Waals surface area contributed by atoms with E-state index in [1.54, 1.807) is 29.6 Å². The third kappa shape index (κ3) is 4.82. The largest absolute Gasteiger partial charge is 0.353 e. The first-order valence-electron chi connectivity index (χ1n) is 8.22. The van der Waals surface area contributed by atoms with Crippen molar-refractivity contribution in [2.75, 3.05) is 26.7 Å². The van der Waals surface area contributed by atoms with Crippen LogP contribution >= 0.6 is 0 Å². The molecule has 1 heterocycles. The van der Waals surface area contributed by atoms with E-state index in [1.165, 1.54) is 0 Å². The highest BCUT2D eigenvalue weighted by Gasteiger charge is 2.25. The maximum Gasteiger partial charge on any atom is 0.243 e. The van der Waals surface area contributed by atoms with Crippen LogP contribution in [0.5, 0.6) is 0 Å². The number of aliphatic imine (C=N–C) groups is 1. The third-order valence-corrected chi connectivity index (χ3v) is 5.89. The molecule has 0 aliphatic carbocycles. The van der Waals surface area contributed by atoms with Crippen molar-refractivity contribution in [2.45, 2.75) is 30.7 Å². The molecule has 0 radical (unpaired) electrons. The van der Waals surface area contributed by atoms with Gasteiger partial charge >= 0.3 is 0 Å². The van der Waals surface area contributed by atoms with Crippen molar-refractivity contribution >= 4 is 16.0 Å². The van der Waals surface area contributed by atoms with E-state index in [4.69, 9.17) is 0 Å². The first kappa shape index (κ1) is 18.5. The number of hydrogen-bond donors (Lipinski definition) is 2. The van der Waals surface area contributed by atoms with Crippen LogP contribution in [0.1, 0.15) is 24.8 Å². The van der Waals surface area contributed by atoms with Crippen molar-refractivity contribution in [1.82, 2.24) is 14.9 Å². The first-order chi connectivity index (χ1) is 11.6. The molecule has 1 fully saturated rings. The van der Waals surface area contributed by atoms with Gasteiger partial charge in [-0.25, -0.2) is 8.42 Å². The lowest BCUT2D eigenvalue weighted by molar-refractivity contribution is 0.346. The van der Waals surface area contributed by atoms with Gasteiger partial charge in [0, 0.05) is 33.2 Å². The highest BCUT2D eigenvalue weighted by molar-refractivity contribution is 7.89. The Balaban J connectivity index is 1.98. The minimum absolute atomic E-state index is 0.363. The second kappa shape index (κ2) is 8.84. The summed E-state index contributed by atoms with van der Waals surface area (Å²) in [6.45, 7) is 6.10. The van der Waals surface area contributed by atoms with Crippen molar-refractivity contribution in [3.8, 4) is 0 Å². The molecule has 0 bridgehead atoms. The summed E-state index contributed by atoms with van der Waals surface area (Å²) in [5, 5.41) is 6.26. The summed E-state index contributed by atoms with van der Waals surface area (Å²) in [6.07, 6.45) is 4.75. The van der Waals surface area contributed by atoms with Crippen LogP contribution in [0.3, 0.4) is 0 Å². The second-order valence-corrected chi connectivity index (χ2v) is 7.64. The molecule has 1 saturated heterocycles. The van der Waals surface area contributed by atoms with Gasteiger partial charge in [-0.3, -0.25) is 4.99 Å². The average Bonchev–Trinajstić information content (AvgIpc) is 2.63. The molecule has 6 nitrogen and oxygen atoms in total. The average molecular weight is 350 g/mol. The minimum Gasteiger partial charge on any atom is -0.353 e. The fourth-order valence-electron chi connectivity index (χ4n) is 2.61. The fraction of sp³-hybridized carbons (Fsp3) is 0.471. The Hall–Kier alpha value is -1.86. The number of piperidine rings is 1. The van der Waals surface area contributed by atoms with Crippen LogP contribution in [0.15, 0.2) is 46.8 Å². The summed E-state index contributed by atoms with van der Waals surface area (Å²) in [5.74, 6) is 0.680. The van der Waals surface area contributed by atoms with E-state index in [-0.39, 0.29) is 0 Å². The lowest BCUT2D eigenvalue weighted by Gasteiger charge is -2.25. The van der Waals surface area contributed by atoms with Crippen LogP contribution in [-0.2, 0) is 16.6 Å². The van der Waals surface area contributed by atoms with Crippen molar-refractivity contribution in [1.29, 1.82) is 0 Å². The van der Waals surface area contributed by atoms with E-state index in [9.17, 15) is 8.42 Å². The number of nitrogens with one attached hydrogen (secondary N) is 2. The van der Waals surface area contributed by atoms with Crippen molar-refractivity contribution < 1.29 is 8.42 Å². The quantitative estimate of drug-likeness (QED) is 0.465. The van der Waals surface area contributed by atoms with Crippen LogP contribution in [0.4, 0.5) is 0 Å². The number of rotatable bonds is 6. The third-order valence-electron chi connectivity index (χ3n) is 3.97. The normalized spacial score (nSPS) is 16.6. The lowest BCUT2D eigenvalue weighted by atomic mass is 10.2. The molecule has 2 N–H and O–H groups in total. The molecule has 0 unspecified atom stereocenters. The predicted molar refractivity (Wildman–Crippen MR) is 97.5 cm³/mol. The maximum atomic E-state index is 12.6. The molecule has 1 aliphatic heterocycles. The minimum atomic E-state index is -3.36. The number of nitrogens with zero attached hydrogens (tertiary/aromatic N) is 2. The highest BCUT2D eigenvalue weighted by atomic mass is 32.2. The zero-order valence-electron chi connectivity index (χ0n) is 14.2. The van der Waals surface area contributed by atoms with Gasteiger partial charge in [-0.15, -0.1) is 6.58 Å². The highest BCUT2D eigenvalue weighted by Crippen LogP contribution is 2.20. The molecule has 0 spiro atoms. The fourth-order valence-corrected chi connectivity index (χ4v) is 4.13. The number of benzene rings is 1. The Labute approximate surface area is 144 Å². The molecule has 1 aromatic rings. The number of guanidine groups is 1. The molecule has 0 saturated carbocycles. The Morgan fingerprint density at radius 3 is 2.46 bits per heavy atom. The van der Waals surface area contributed by atoms with E-state index in [1.807, 2.05) is 12.1 Å². The molecule has 1 aliphatic rings. The molecular formula is C17H26N4O2S. The number of sulfonamides is 1. The molecule has 0 atom stereocenters. The Morgan fingerprint density at radius 2 is 1.88 bits per heavy atom. The molecule has 7 heteroatoms. The van der Waals surface area contributed by atoms with Gasteiger partial charge in [0.2, 0.25) is 10.0 Å². The smallest absolute Gasteiger partial charge is 0.243 e. The van der Waals surface area contributed by atoms with Gasteiger partial charge in [0.25, 0.3) is 0 Å². The van der Waals surface area contributed by atoms with Crippen LogP contribution < -0.4 is 10.6 Å². The van der Waals surface area contributed by atoms with Crippen LogP contribution in [-0.4, -0.2) is 45.4 Å². The molecular weight excluding hydrogens is 324 g/mol. The Kier molecular flexibility index (Phi) is 6.81. The summed E-state index contributed by atoms with van der Waals surface area (Å²) in [6, 6.07) is 7.04. The predicted octanol–water partition coefficient (Wildman–Crippen LogP) is 1.71. The zero-order chi connectivity index (χ0) is 17.4. The summed E-state index contributed by atoms with van der Waals surface area (Å²) in [5.41, 5.74) is 0.995. The monoisotopic (exact) mass is 350 g/mol. The van der Waals surface area contributed by atoms with Gasteiger partial charge in [-0.2, -0.15) is 4.31 Å². The van der Waals surface area contributed by atoms with E-state index in [0.29, 0.717) is 37.0 Å². The molecule has 1 aromatic carbocycles. The standard InChI is InChI=1S/C17H26N4O2S/c1-3-11-19-17(18-2)20-14-15-7-9-16(10-8-15)24(22,23)21-12-5-4-6-13-21/h3,7-10H,1,4-6,11-14H2,2H3,(H2,18,19,20). The Morgan fingerprint density at radius 1 is 1.21 bits per heavy atom. The van der Waals surface area contributed by atoms with Gasteiger partial charge < -0.3 is 10.6 Å². The lowest BCUT2D eigenvalue weighted by Crippen LogP contribution is -2.36. The van der Waals surface area contributed by atoms with Gasteiger partial charge in [-0.05, 0) is 30.5 Å². The number of hydrogen-bond acceptors (Lipinski definition) is 3. The van der Waals surface area contributed by atoms with Crippen molar-refractivity contribution in [3.63, 3.8) is 0 Å². The second-order valence-electron chi connectivity index (χ2n) is 5.70. The van der Waals surface area contributed by atoms with Crippen molar-refractivity contribution in [3.05, 3.63) is 42.5 Å². The summed E-state index contributed by atoms with van der Waals surface area (Å²) in [7, 11) is -1.66. The van der Waals surface area contributed by atoms with Gasteiger partial charge in [-0.1, -0.05) is 24.6 Å². The summed E-state index contributed by atoms with van der Waals surface area (Å²) in [4.78, 5) is 4.47.